The van der Waals surface area contributed by atoms with Gasteiger partial charge in [-0.3, -0.25) is 0 Å². The third-order valence-corrected chi connectivity index (χ3v) is 4.71. The topological polar surface area (TPSA) is 12.5 Å². The van der Waals surface area contributed by atoms with Gasteiger partial charge in [-0.25, -0.2) is 4.85 Å². The summed E-state index contributed by atoms with van der Waals surface area (Å²) >= 11 is 0. The van der Waals surface area contributed by atoms with Crippen molar-refractivity contribution in [3.8, 4) is 0 Å². The fourth-order valence-electron chi connectivity index (χ4n) is 3.51. The van der Waals surface area contributed by atoms with Gasteiger partial charge in [-0.2, -0.15) is 0 Å². The van der Waals surface area contributed by atoms with Gasteiger partial charge in [0.25, 0.3) is 0 Å². The van der Waals surface area contributed by atoms with Crippen molar-refractivity contribution in [1.29, 1.82) is 0 Å². The first-order valence-electron chi connectivity index (χ1n) is 7.23. The van der Waals surface area contributed by atoms with Gasteiger partial charge < -0.3 is 9.47 Å². The summed E-state index contributed by atoms with van der Waals surface area (Å²) in [4.78, 5) is 5.92. The quantitative estimate of drug-likeness (QED) is 0.751. The molecule has 3 nitrogen and oxygen atoms in total. The first-order chi connectivity index (χ1) is 9.60. The summed E-state index contributed by atoms with van der Waals surface area (Å²) in [6.07, 6.45) is 6.02. The molecule has 2 aromatic rings. The van der Waals surface area contributed by atoms with Crippen molar-refractivity contribution in [2.24, 2.45) is 7.05 Å². The zero-order valence-corrected chi connectivity index (χ0v) is 12.4. The van der Waals surface area contributed by atoms with Crippen molar-refractivity contribution < 1.29 is 0 Å². The lowest BCUT2D eigenvalue weighted by Gasteiger charge is -2.18. The van der Waals surface area contributed by atoms with E-state index >= 15 is 0 Å². The minimum atomic E-state index is 0.632. The molecule has 1 aromatic heterocycles. The predicted molar refractivity (Wildman–Crippen MR) is 83.2 cm³/mol. The van der Waals surface area contributed by atoms with E-state index in [2.05, 4.69) is 53.8 Å². The summed E-state index contributed by atoms with van der Waals surface area (Å²) in [6.45, 7) is 7.21. The highest BCUT2D eigenvalue weighted by Crippen LogP contribution is 2.40. The van der Waals surface area contributed by atoms with E-state index in [1.807, 2.05) is 6.07 Å². The number of aryl methyl sites for hydroxylation is 1. The summed E-state index contributed by atoms with van der Waals surface area (Å²) < 4.78 is 2.20. The van der Waals surface area contributed by atoms with Gasteiger partial charge in [0, 0.05) is 24.8 Å². The van der Waals surface area contributed by atoms with Crippen LogP contribution in [0.2, 0.25) is 0 Å². The van der Waals surface area contributed by atoms with Crippen LogP contribution < -0.4 is 0 Å². The summed E-state index contributed by atoms with van der Waals surface area (Å²) in [6, 6.07) is 6.74. The van der Waals surface area contributed by atoms with E-state index in [0.29, 0.717) is 12.0 Å². The largest absolute Gasteiger partial charge is 0.350 e. The molecule has 0 saturated heterocycles. The molecule has 1 aliphatic carbocycles. The Bertz CT molecular complexity index is 675. The van der Waals surface area contributed by atoms with E-state index < -0.39 is 0 Å². The van der Waals surface area contributed by atoms with Gasteiger partial charge in [0.05, 0.1) is 6.57 Å². The molecule has 0 amide bonds. The molecule has 0 bridgehead atoms. The zero-order chi connectivity index (χ0) is 14.3. The molecule has 2 unspecified atom stereocenters. The molecule has 3 heteroatoms. The van der Waals surface area contributed by atoms with Crippen molar-refractivity contribution in [3.05, 3.63) is 41.4 Å². The van der Waals surface area contributed by atoms with Crippen LogP contribution in [0.4, 0.5) is 5.69 Å². The van der Waals surface area contributed by atoms with Gasteiger partial charge in [-0.05, 0) is 62.4 Å². The van der Waals surface area contributed by atoms with E-state index in [0.717, 1.165) is 5.69 Å². The van der Waals surface area contributed by atoms with Crippen LogP contribution >= 0.6 is 0 Å². The summed E-state index contributed by atoms with van der Waals surface area (Å²) in [5.74, 6) is 0.632. The minimum absolute atomic E-state index is 0.632. The van der Waals surface area contributed by atoms with E-state index in [1.54, 1.807) is 0 Å². The van der Waals surface area contributed by atoms with Gasteiger partial charge in [0.1, 0.15) is 0 Å². The molecule has 2 atom stereocenters. The maximum absolute atomic E-state index is 7.21. The van der Waals surface area contributed by atoms with Crippen LogP contribution in [0.3, 0.4) is 0 Å². The molecular weight excluding hydrogens is 246 g/mol. The smallest absolute Gasteiger partial charge is 0.187 e. The number of aromatic nitrogens is 1. The van der Waals surface area contributed by atoms with Crippen molar-refractivity contribution in [1.82, 2.24) is 9.47 Å². The van der Waals surface area contributed by atoms with E-state index in [4.69, 9.17) is 6.57 Å². The summed E-state index contributed by atoms with van der Waals surface area (Å²) in [7, 11) is 6.45. The van der Waals surface area contributed by atoms with Crippen molar-refractivity contribution in [3.63, 3.8) is 0 Å². The molecule has 0 spiro atoms. The number of hydrogen-bond acceptors (Lipinski definition) is 1. The van der Waals surface area contributed by atoms with Crippen LogP contribution in [0.15, 0.2) is 24.4 Å². The lowest BCUT2D eigenvalue weighted by molar-refractivity contribution is 0.297. The fraction of sp³-hybridized carbons (Fsp3) is 0.471. The Kier molecular flexibility index (Phi) is 3.27. The average Bonchev–Trinajstić information content (AvgIpc) is 3.03. The molecule has 1 saturated carbocycles. The number of benzene rings is 1. The lowest BCUT2D eigenvalue weighted by atomic mass is 9.96. The normalized spacial score (nSPS) is 22.6. The Balaban J connectivity index is 2.02. The number of rotatable bonds is 2. The molecule has 1 fully saturated rings. The standard InChI is InChI=1S/C17H21N3/c1-18-13-6-8-17-15(10-13)16(11-20(17)4)12-5-7-14(9-12)19(2)3/h6,8,10-12,14H,5,7,9H2,2-4H3. The number of hydrogen-bond donors (Lipinski definition) is 0. The third-order valence-electron chi connectivity index (χ3n) is 4.71. The molecule has 0 aliphatic heterocycles. The van der Waals surface area contributed by atoms with E-state index in [9.17, 15) is 0 Å². The van der Waals surface area contributed by atoms with Crippen molar-refractivity contribution in [2.45, 2.75) is 31.2 Å². The molecular formula is C17H21N3. The molecule has 0 N–H and O–H groups in total. The monoisotopic (exact) mass is 267 g/mol. The summed E-state index contributed by atoms with van der Waals surface area (Å²) in [5, 5.41) is 1.27. The van der Waals surface area contributed by atoms with E-state index in [1.165, 1.54) is 35.7 Å². The first kappa shape index (κ1) is 13.2. The van der Waals surface area contributed by atoms with Gasteiger partial charge in [0.2, 0.25) is 0 Å². The van der Waals surface area contributed by atoms with Gasteiger partial charge >= 0.3 is 0 Å². The summed E-state index contributed by atoms with van der Waals surface area (Å²) in [5.41, 5.74) is 3.41. The second-order valence-electron chi connectivity index (χ2n) is 6.14. The van der Waals surface area contributed by atoms with Gasteiger partial charge in [-0.15, -0.1) is 0 Å². The molecule has 20 heavy (non-hydrogen) atoms. The van der Waals surface area contributed by atoms with Gasteiger partial charge in [0.15, 0.2) is 5.69 Å². The Morgan fingerprint density at radius 3 is 2.75 bits per heavy atom. The highest BCUT2D eigenvalue weighted by atomic mass is 15.1. The van der Waals surface area contributed by atoms with Crippen LogP contribution in [0.1, 0.15) is 30.7 Å². The zero-order valence-electron chi connectivity index (χ0n) is 12.4. The molecule has 1 heterocycles. The van der Waals surface area contributed by atoms with Crippen LogP contribution in [0, 0.1) is 6.57 Å². The van der Waals surface area contributed by atoms with Crippen molar-refractivity contribution >= 4 is 16.6 Å². The molecule has 104 valence electrons. The number of fused-ring (bicyclic) bond motifs is 1. The Morgan fingerprint density at radius 1 is 1.30 bits per heavy atom. The maximum atomic E-state index is 7.21. The van der Waals surface area contributed by atoms with E-state index in [-0.39, 0.29) is 0 Å². The Labute approximate surface area is 120 Å². The highest BCUT2D eigenvalue weighted by molar-refractivity contribution is 5.87. The highest BCUT2D eigenvalue weighted by Gasteiger charge is 2.29. The molecule has 1 aliphatic rings. The van der Waals surface area contributed by atoms with Crippen LogP contribution in [0.5, 0.6) is 0 Å². The average molecular weight is 267 g/mol. The molecule has 3 rings (SSSR count). The first-order valence-corrected chi connectivity index (χ1v) is 7.23. The van der Waals surface area contributed by atoms with Crippen LogP contribution in [-0.2, 0) is 7.05 Å². The van der Waals surface area contributed by atoms with Crippen molar-refractivity contribution in [2.75, 3.05) is 14.1 Å². The predicted octanol–water partition coefficient (Wildman–Crippen LogP) is 3.93. The number of nitrogens with zero attached hydrogens (tertiary/aromatic N) is 3. The second-order valence-corrected chi connectivity index (χ2v) is 6.14. The third kappa shape index (κ3) is 2.10. The molecule has 0 radical (unpaired) electrons. The van der Waals surface area contributed by atoms with Crippen LogP contribution in [0.25, 0.3) is 15.7 Å². The minimum Gasteiger partial charge on any atom is -0.350 e. The Morgan fingerprint density at radius 2 is 2.10 bits per heavy atom. The molecule has 1 aromatic carbocycles. The second kappa shape index (κ2) is 4.96. The SMILES string of the molecule is [C-]#[N+]c1ccc2c(c1)c(C1CCC(N(C)C)C1)cn2C. The lowest BCUT2D eigenvalue weighted by Crippen LogP contribution is -2.24. The maximum Gasteiger partial charge on any atom is 0.187 e. The van der Waals surface area contributed by atoms with Gasteiger partial charge in [-0.1, -0.05) is 6.07 Å². The fourth-order valence-corrected chi connectivity index (χ4v) is 3.51. The van der Waals surface area contributed by atoms with Crippen LogP contribution in [-0.4, -0.2) is 29.6 Å². The Hall–Kier alpha value is -1.79.